The highest BCUT2D eigenvalue weighted by molar-refractivity contribution is 5.84. The summed E-state index contributed by atoms with van der Waals surface area (Å²) in [4.78, 5) is 19.8. The number of aromatic nitrogens is 1. The summed E-state index contributed by atoms with van der Waals surface area (Å²) < 4.78 is 5.38. The van der Waals surface area contributed by atoms with Gasteiger partial charge in [-0.1, -0.05) is 0 Å². The number of rotatable bonds is 6. The van der Waals surface area contributed by atoms with Crippen molar-refractivity contribution in [3.63, 3.8) is 0 Å². The van der Waals surface area contributed by atoms with Crippen molar-refractivity contribution < 1.29 is 9.53 Å². The smallest absolute Gasteiger partial charge is 0.222 e. The number of aromatic amines is 1. The van der Waals surface area contributed by atoms with Gasteiger partial charge in [-0.05, 0) is 56.0 Å². The maximum Gasteiger partial charge on any atom is 0.222 e. The lowest BCUT2D eigenvalue weighted by Crippen LogP contribution is -2.39. The number of benzene rings is 1. The van der Waals surface area contributed by atoms with Crippen LogP contribution < -0.4 is 4.74 Å². The van der Waals surface area contributed by atoms with E-state index in [2.05, 4.69) is 28.2 Å². The summed E-state index contributed by atoms with van der Waals surface area (Å²) in [7, 11) is 1.71. The van der Waals surface area contributed by atoms with E-state index >= 15 is 0 Å². The van der Waals surface area contributed by atoms with E-state index in [-0.39, 0.29) is 0 Å². The number of hydrogen-bond donors (Lipinski definition) is 1. The molecule has 25 heavy (non-hydrogen) atoms. The fourth-order valence-electron chi connectivity index (χ4n) is 4.32. The van der Waals surface area contributed by atoms with Crippen molar-refractivity contribution in [2.24, 2.45) is 0 Å². The molecule has 0 saturated carbocycles. The molecular formula is C20H27N3O2. The SMILES string of the molecule is COc1ccc2[nH]cc(CC3CCCN3CCN3CCCC3=O)c2c1. The number of nitrogens with zero attached hydrogens (tertiary/aromatic N) is 2. The highest BCUT2D eigenvalue weighted by Gasteiger charge is 2.27. The number of nitrogens with one attached hydrogen (secondary N) is 1. The average molecular weight is 341 g/mol. The first kappa shape index (κ1) is 16.5. The van der Waals surface area contributed by atoms with Crippen LogP contribution in [0.15, 0.2) is 24.4 Å². The number of likely N-dealkylation sites (tertiary alicyclic amines) is 2. The third kappa shape index (κ3) is 3.38. The summed E-state index contributed by atoms with van der Waals surface area (Å²) in [6, 6.07) is 6.78. The van der Waals surface area contributed by atoms with E-state index in [4.69, 9.17) is 4.74 Å². The van der Waals surface area contributed by atoms with Crippen LogP contribution >= 0.6 is 0 Å². The van der Waals surface area contributed by atoms with Crippen LogP contribution in [-0.4, -0.2) is 60.0 Å². The van der Waals surface area contributed by atoms with Crippen LogP contribution in [0.4, 0.5) is 0 Å². The van der Waals surface area contributed by atoms with Gasteiger partial charge in [-0.2, -0.15) is 0 Å². The number of carbonyl (C=O) groups is 1. The molecule has 2 fully saturated rings. The van der Waals surface area contributed by atoms with Crippen molar-refractivity contribution >= 4 is 16.8 Å². The second-order valence-electron chi connectivity index (χ2n) is 7.25. The second kappa shape index (κ2) is 7.08. The van der Waals surface area contributed by atoms with E-state index in [0.717, 1.165) is 51.2 Å². The van der Waals surface area contributed by atoms with Crippen molar-refractivity contribution in [1.29, 1.82) is 0 Å². The molecule has 0 spiro atoms. The lowest BCUT2D eigenvalue weighted by atomic mass is 10.0. The number of ether oxygens (including phenoxy) is 1. The number of hydrogen-bond acceptors (Lipinski definition) is 3. The summed E-state index contributed by atoms with van der Waals surface area (Å²) in [5.74, 6) is 1.24. The Labute approximate surface area is 148 Å². The number of amides is 1. The average Bonchev–Trinajstić information content (AvgIpc) is 3.34. The Morgan fingerprint density at radius 1 is 1.24 bits per heavy atom. The van der Waals surface area contributed by atoms with Crippen LogP contribution in [0.5, 0.6) is 5.75 Å². The molecule has 2 saturated heterocycles. The maximum atomic E-state index is 11.8. The first-order valence-electron chi connectivity index (χ1n) is 9.40. The Balaban J connectivity index is 1.43. The van der Waals surface area contributed by atoms with E-state index in [1.54, 1.807) is 7.11 Å². The molecule has 1 N–H and O–H groups in total. The van der Waals surface area contributed by atoms with Gasteiger partial charge in [0.05, 0.1) is 7.11 Å². The van der Waals surface area contributed by atoms with Gasteiger partial charge >= 0.3 is 0 Å². The Kier molecular flexibility index (Phi) is 4.66. The Morgan fingerprint density at radius 2 is 2.16 bits per heavy atom. The molecule has 4 rings (SSSR count). The first-order valence-corrected chi connectivity index (χ1v) is 9.40. The number of H-pyrrole nitrogens is 1. The van der Waals surface area contributed by atoms with Crippen LogP contribution in [-0.2, 0) is 11.2 Å². The maximum absolute atomic E-state index is 11.8. The molecule has 1 aromatic heterocycles. The molecule has 1 amide bonds. The summed E-state index contributed by atoms with van der Waals surface area (Å²) in [5.41, 5.74) is 2.53. The predicted octanol–water partition coefficient (Wildman–Crippen LogP) is 2.81. The molecule has 2 aliphatic heterocycles. The third-order valence-electron chi connectivity index (χ3n) is 5.76. The molecule has 1 aromatic carbocycles. The van der Waals surface area contributed by atoms with Gasteiger partial charge in [-0.25, -0.2) is 0 Å². The van der Waals surface area contributed by atoms with Crippen molar-refractivity contribution in [2.75, 3.05) is 33.3 Å². The Morgan fingerprint density at radius 3 is 2.96 bits per heavy atom. The number of methoxy groups -OCH3 is 1. The lowest BCUT2D eigenvalue weighted by molar-refractivity contribution is -0.127. The van der Waals surface area contributed by atoms with Crippen LogP contribution in [0, 0.1) is 0 Å². The minimum atomic E-state index is 0.333. The van der Waals surface area contributed by atoms with Gasteiger partial charge in [0.25, 0.3) is 0 Å². The van der Waals surface area contributed by atoms with Gasteiger partial charge in [0.1, 0.15) is 5.75 Å². The predicted molar refractivity (Wildman–Crippen MR) is 99.0 cm³/mol. The summed E-state index contributed by atoms with van der Waals surface area (Å²) in [5, 5.41) is 1.26. The second-order valence-corrected chi connectivity index (χ2v) is 7.25. The molecule has 0 radical (unpaired) electrons. The van der Waals surface area contributed by atoms with Crippen molar-refractivity contribution in [1.82, 2.24) is 14.8 Å². The highest BCUT2D eigenvalue weighted by Crippen LogP contribution is 2.28. The Hall–Kier alpha value is -2.01. The highest BCUT2D eigenvalue weighted by atomic mass is 16.5. The first-order chi connectivity index (χ1) is 12.2. The van der Waals surface area contributed by atoms with Gasteiger partial charge < -0.3 is 14.6 Å². The normalized spacial score (nSPS) is 21.6. The minimum absolute atomic E-state index is 0.333. The topological polar surface area (TPSA) is 48.6 Å². The zero-order chi connectivity index (χ0) is 17.2. The molecule has 0 aliphatic carbocycles. The molecule has 5 heteroatoms. The van der Waals surface area contributed by atoms with E-state index in [1.165, 1.54) is 29.3 Å². The van der Waals surface area contributed by atoms with Crippen LogP contribution in [0.1, 0.15) is 31.2 Å². The number of fused-ring (bicyclic) bond motifs is 1. The van der Waals surface area contributed by atoms with Crippen molar-refractivity contribution in [2.45, 2.75) is 38.1 Å². The summed E-state index contributed by atoms with van der Waals surface area (Å²) >= 11 is 0. The molecule has 1 unspecified atom stereocenters. The number of carbonyl (C=O) groups excluding carboxylic acids is 1. The van der Waals surface area contributed by atoms with Crippen LogP contribution in [0.2, 0.25) is 0 Å². The van der Waals surface area contributed by atoms with Crippen LogP contribution in [0.3, 0.4) is 0 Å². The minimum Gasteiger partial charge on any atom is -0.497 e. The molecule has 2 aliphatic rings. The quantitative estimate of drug-likeness (QED) is 0.879. The molecular weight excluding hydrogens is 314 g/mol. The lowest BCUT2D eigenvalue weighted by Gasteiger charge is -2.27. The van der Waals surface area contributed by atoms with Crippen molar-refractivity contribution in [3.8, 4) is 5.75 Å². The zero-order valence-corrected chi connectivity index (χ0v) is 15.0. The molecule has 134 valence electrons. The summed E-state index contributed by atoms with van der Waals surface area (Å²) in [6.45, 7) is 3.98. The largest absolute Gasteiger partial charge is 0.497 e. The van der Waals surface area contributed by atoms with Gasteiger partial charge in [0.2, 0.25) is 5.91 Å². The monoisotopic (exact) mass is 341 g/mol. The van der Waals surface area contributed by atoms with Gasteiger partial charge in [0, 0.05) is 49.2 Å². The van der Waals surface area contributed by atoms with E-state index in [0.29, 0.717) is 11.9 Å². The third-order valence-corrected chi connectivity index (χ3v) is 5.76. The fraction of sp³-hybridized carbons (Fsp3) is 0.550. The molecule has 3 heterocycles. The van der Waals surface area contributed by atoms with Gasteiger partial charge in [0.15, 0.2) is 0 Å². The van der Waals surface area contributed by atoms with Gasteiger partial charge in [-0.3, -0.25) is 9.69 Å². The molecule has 0 bridgehead atoms. The molecule has 1 atom stereocenters. The summed E-state index contributed by atoms with van der Waals surface area (Å²) in [6.07, 6.45) is 7.46. The zero-order valence-electron chi connectivity index (χ0n) is 15.0. The van der Waals surface area contributed by atoms with E-state index in [9.17, 15) is 4.79 Å². The molecule has 5 nitrogen and oxygen atoms in total. The van der Waals surface area contributed by atoms with Gasteiger partial charge in [-0.15, -0.1) is 0 Å². The van der Waals surface area contributed by atoms with Crippen molar-refractivity contribution in [3.05, 3.63) is 30.0 Å². The van der Waals surface area contributed by atoms with E-state index < -0.39 is 0 Å². The standard InChI is InChI=1S/C20H27N3O2/c1-25-17-6-7-19-18(13-17)15(14-21-19)12-16-4-2-8-22(16)10-11-23-9-3-5-20(23)24/h6-7,13-14,16,21H,2-5,8-12H2,1H3. The fourth-order valence-corrected chi connectivity index (χ4v) is 4.32. The van der Waals surface area contributed by atoms with E-state index in [1.807, 2.05) is 11.0 Å². The Bertz CT molecular complexity index is 754. The van der Waals surface area contributed by atoms with Crippen LogP contribution in [0.25, 0.3) is 10.9 Å². The molecule has 2 aromatic rings.